The fraction of sp³-hybridized carbons (Fsp3) is 0.412. The average molecular weight is 347 g/mol. The summed E-state index contributed by atoms with van der Waals surface area (Å²) in [6.45, 7) is 3.21. The molecule has 2 aliphatic rings. The van der Waals surface area contributed by atoms with Gasteiger partial charge in [-0.3, -0.25) is 0 Å². The zero-order chi connectivity index (χ0) is 15.6. The number of thioether (sulfide) groups is 1. The van der Waals surface area contributed by atoms with Crippen LogP contribution in [0.1, 0.15) is 23.8 Å². The van der Waals surface area contributed by atoms with Crippen LogP contribution in [0.4, 0.5) is 11.6 Å². The van der Waals surface area contributed by atoms with Crippen molar-refractivity contribution in [2.75, 3.05) is 35.2 Å². The summed E-state index contributed by atoms with van der Waals surface area (Å²) < 4.78 is 0. The van der Waals surface area contributed by atoms with Crippen LogP contribution in [-0.2, 0) is 0 Å². The molecule has 23 heavy (non-hydrogen) atoms. The van der Waals surface area contributed by atoms with Gasteiger partial charge in [-0.15, -0.1) is 11.8 Å². The van der Waals surface area contributed by atoms with Crippen LogP contribution in [0.15, 0.2) is 36.7 Å². The highest BCUT2D eigenvalue weighted by molar-refractivity contribution is 7.99. The minimum Gasteiger partial charge on any atom is -0.356 e. The normalized spacial score (nSPS) is 21.2. The molecule has 2 saturated heterocycles. The maximum absolute atomic E-state index is 6.02. The van der Waals surface area contributed by atoms with Crippen molar-refractivity contribution in [3.8, 4) is 0 Å². The van der Waals surface area contributed by atoms with Gasteiger partial charge < -0.3 is 9.80 Å². The molecule has 1 aromatic heterocycles. The van der Waals surface area contributed by atoms with Gasteiger partial charge in [0.25, 0.3) is 0 Å². The maximum Gasteiger partial charge on any atom is 0.135 e. The second-order valence-electron chi connectivity index (χ2n) is 5.90. The van der Waals surface area contributed by atoms with Crippen molar-refractivity contribution in [3.05, 3.63) is 47.2 Å². The Balaban J connectivity index is 1.61. The average Bonchev–Trinajstić information content (AvgIpc) is 3.27. The van der Waals surface area contributed by atoms with Gasteiger partial charge in [-0.1, -0.05) is 23.7 Å². The summed E-state index contributed by atoms with van der Waals surface area (Å²) in [7, 11) is 0. The molecule has 0 radical (unpaired) electrons. The molecular weight excluding hydrogens is 328 g/mol. The molecule has 4 nitrogen and oxygen atoms in total. The van der Waals surface area contributed by atoms with Crippen molar-refractivity contribution >= 4 is 35.0 Å². The van der Waals surface area contributed by atoms with Crippen LogP contribution in [0.25, 0.3) is 0 Å². The van der Waals surface area contributed by atoms with E-state index in [1.165, 1.54) is 18.4 Å². The van der Waals surface area contributed by atoms with E-state index in [4.69, 9.17) is 11.6 Å². The molecule has 2 aliphatic heterocycles. The summed E-state index contributed by atoms with van der Waals surface area (Å²) >= 11 is 7.97. The highest BCUT2D eigenvalue weighted by Crippen LogP contribution is 2.41. The fourth-order valence-corrected chi connectivity index (χ4v) is 4.62. The van der Waals surface area contributed by atoms with Crippen LogP contribution < -0.4 is 9.80 Å². The third-order valence-electron chi connectivity index (χ3n) is 4.41. The third-order valence-corrected chi connectivity index (χ3v) is 5.92. The Morgan fingerprint density at radius 1 is 1.00 bits per heavy atom. The number of hydrogen-bond acceptors (Lipinski definition) is 5. The van der Waals surface area contributed by atoms with Crippen LogP contribution in [0.2, 0.25) is 5.02 Å². The zero-order valence-electron chi connectivity index (χ0n) is 12.9. The summed E-state index contributed by atoms with van der Waals surface area (Å²) in [4.78, 5) is 13.7. The molecule has 0 amide bonds. The number of hydrogen-bond donors (Lipinski definition) is 0. The van der Waals surface area contributed by atoms with Crippen LogP contribution in [0, 0.1) is 0 Å². The van der Waals surface area contributed by atoms with E-state index < -0.39 is 0 Å². The van der Waals surface area contributed by atoms with Crippen molar-refractivity contribution in [3.63, 3.8) is 0 Å². The molecule has 3 heterocycles. The van der Waals surface area contributed by atoms with Gasteiger partial charge >= 0.3 is 0 Å². The summed E-state index contributed by atoms with van der Waals surface area (Å²) in [5.41, 5.74) is 1.28. The number of rotatable bonds is 3. The number of nitrogens with zero attached hydrogens (tertiary/aromatic N) is 4. The summed E-state index contributed by atoms with van der Waals surface area (Å²) in [6, 6.07) is 10.3. The van der Waals surface area contributed by atoms with E-state index in [1.54, 1.807) is 6.33 Å². The minimum absolute atomic E-state index is 0.300. The Kier molecular flexibility index (Phi) is 4.31. The lowest BCUT2D eigenvalue weighted by atomic mass is 10.2. The van der Waals surface area contributed by atoms with E-state index in [1.807, 2.05) is 23.9 Å². The van der Waals surface area contributed by atoms with E-state index in [2.05, 4.69) is 38.0 Å². The second-order valence-corrected chi connectivity index (χ2v) is 7.52. The molecule has 0 bridgehead atoms. The van der Waals surface area contributed by atoms with Crippen molar-refractivity contribution in [1.82, 2.24) is 9.97 Å². The SMILES string of the molecule is Clc1ccc(C2SCCN2c2cc(N3CCCC3)ncn2)cc1. The highest BCUT2D eigenvalue weighted by Gasteiger charge is 2.28. The summed E-state index contributed by atoms with van der Waals surface area (Å²) in [6.07, 6.45) is 4.21. The van der Waals surface area contributed by atoms with E-state index in [9.17, 15) is 0 Å². The first-order valence-electron chi connectivity index (χ1n) is 8.02. The van der Waals surface area contributed by atoms with Gasteiger partial charge in [0.1, 0.15) is 23.3 Å². The van der Waals surface area contributed by atoms with Crippen molar-refractivity contribution in [2.45, 2.75) is 18.2 Å². The first kappa shape index (κ1) is 15.1. The topological polar surface area (TPSA) is 32.3 Å². The summed E-state index contributed by atoms with van der Waals surface area (Å²) in [5.74, 6) is 3.18. The molecule has 6 heteroatoms. The van der Waals surface area contributed by atoms with Crippen molar-refractivity contribution in [2.24, 2.45) is 0 Å². The Hall–Kier alpha value is -1.46. The van der Waals surface area contributed by atoms with Gasteiger partial charge in [0, 0.05) is 36.5 Å². The standard InChI is InChI=1S/C17H19ClN4S/c18-14-5-3-13(4-6-14)17-22(9-10-23-17)16-11-15(19-12-20-16)21-7-1-2-8-21/h3-6,11-12,17H,1-2,7-10H2. The predicted octanol–water partition coefficient (Wildman–Crippen LogP) is 3.98. The Morgan fingerprint density at radius 3 is 2.52 bits per heavy atom. The minimum atomic E-state index is 0.300. The molecule has 1 atom stereocenters. The van der Waals surface area contributed by atoms with E-state index in [0.717, 1.165) is 42.0 Å². The van der Waals surface area contributed by atoms with Gasteiger partial charge in [-0.25, -0.2) is 9.97 Å². The quantitative estimate of drug-likeness (QED) is 0.839. The number of benzene rings is 1. The molecule has 1 aromatic carbocycles. The summed E-state index contributed by atoms with van der Waals surface area (Å²) in [5, 5.41) is 1.08. The van der Waals surface area contributed by atoms with Gasteiger partial charge in [-0.05, 0) is 30.5 Å². The largest absolute Gasteiger partial charge is 0.356 e. The smallest absolute Gasteiger partial charge is 0.135 e. The lowest BCUT2D eigenvalue weighted by Crippen LogP contribution is -2.25. The van der Waals surface area contributed by atoms with E-state index in [-0.39, 0.29) is 0 Å². The van der Waals surface area contributed by atoms with E-state index >= 15 is 0 Å². The Bertz CT molecular complexity index is 673. The number of halogens is 1. The van der Waals surface area contributed by atoms with Crippen LogP contribution in [-0.4, -0.2) is 35.4 Å². The molecule has 4 rings (SSSR count). The first-order valence-corrected chi connectivity index (χ1v) is 9.45. The molecule has 1 unspecified atom stereocenters. The lowest BCUT2D eigenvalue weighted by Gasteiger charge is -2.26. The molecule has 2 aromatic rings. The molecule has 0 saturated carbocycles. The van der Waals surface area contributed by atoms with E-state index in [0.29, 0.717) is 5.37 Å². The zero-order valence-corrected chi connectivity index (χ0v) is 14.4. The molecule has 2 fully saturated rings. The van der Waals surface area contributed by atoms with Crippen molar-refractivity contribution in [1.29, 1.82) is 0 Å². The molecule has 0 aliphatic carbocycles. The van der Waals surface area contributed by atoms with Gasteiger partial charge in [0.2, 0.25) is 0 Å². The Labute approximate surface area is 145 Å². The van der Waals surface area contributed by atoms with Crippen LogP contribution in [0.5, 0.6) is 0 Å². The lowest BCUT2D eigenvalue weighted by molar-refractivity contribution is 0.827. The molecule has 0 spiro atoms. The van der Waals surface area contributed by atoms with Gasteiger partial charge in [0.15, 0.2) is 0 Å². The molecule has 0 N–H and O–H groups in total. The molecule has 120 valence electrons. The second kappa shape index (κ2) is 6.57. The molecular formula is C17H19ClN4S. The Morgan fingerprint density at radius 2 is 1.74 bits per heavy atom. The third kappa shape index (κ3) is 3.12. The van der Waals surface area contributed by atoms with Crippen molar-refractivity contribution < 1.29 is 0 Å². The monoisotopic (exact) mass is 346 g/mol. The van der Waals surface area contributed by atoms with Gasteiger partial charge in [0.05, 0.1) is 0 Å². The van der Waals surface area contributed by atoms with Gasteiger partial charge in [-0.2, -0.15) is 0 Å². The number of aromatic nitrogens is 2. The predicted molar refractivity (Wildman–Crippen MR) is 97.5 cm³/mol. The van der Waals surface area contributed by atoms with Crippen LogP contribution >= 0.6 is 23.4 Å². The maximum atomic E-state index is 6.02. The first-order chi connectivity index (χ1) is 11.3. The fourth-order valence-electron chi connectivity index (χ4n) is 3.22. The highest BCUT2D eigenvalue weighted by atomic mass is 35.5. The number of anilines is 2. The van der Waals surface area contributed by atoms with Crippen LogP contribution in [0.3, 0.4) is 0 Å².